The van der Waals surface area contributed by atoms with E-state index in [1.54, 1.807) is 12.1 Å². The van der Waals surface area contributed by atoms with Gasteiger partial charge >= 0.3 is 0 Å². The summed E-state index contributed by atoms with van der Waals surface area (Å²) in [6.45, 7) is 3.63. The number of quaternary nitrogens is 1. The molecule has 1 aliphatic heterocycles. The molecule has 114 valence electrons. The molecule has 0 saturated carbocycles. The predicted octanol–water partition coefficient (Wildman–Crippen LogP) is 2.39. The van der Waals surface area contributed by atoms with Gasteiger partial charge in [-0.2, -0.15) is 0 Å². The first-order chi connectivity index (χ1) is 10.7. The molecular formula is C18H20FN2O+. The van der Waals surface area contributed by atoms with Crippen molar-refractivity contribution in [1.82, 2.24) is 0 Å². The molecule has 1 aliphatic rings. The van der Waals surface area contributed by atoms with Crippen LogP contribution in [0.3, 0.4) is 0 Å². The standard InChI is InChI=1S/C18H19FN2O/c1-13-5-7-15(8-6-13)18-10-17(22-21-18)12-20-11-14-3-2-4-16(19)9-14/h2-9,17,20H,10-12H2,1H3/p+1/t17-/m1/s1. The third kappa shape index (κ3) is 3.71. The fourth-order valence-corrected chi connectivity index (χ4v) is 2.57. The lowest BCUT2D eigenvalue weighted by molar-refractivity contribution is -0.676. The van der Waals surface area contributed by atoms with E-state index < -0.39 is 0 Å². The molecule has 0 radical (unpaired) electrons. The van der Waals surface area contributed by atoms with Crippen LogP contribution in [0.15, 0.2) is 53.7 Å². The smallest absolute Gasteiger partial charge is 0.181 e. The predicted molar refractivity (Wildman–Crippen MR) is 84.1 cm³/mol. The van der Waals surface area contributed by atoms with Gasteiger partial charge in [-0.1, -0.05) is 47.1 Å². The van der Waals surface area contributed by atoms with Gasteiger partial charge in [-0.25, -0.2) is 4.39 Å². The molecular weight excluding hydrogens is 279 g/mol. The van der Waals surface area contributed by atoms with Gasteiger partial charge in [0.05, 0.1) is 5.71 Å². The average molecular weight is 299 g/mol. The lowest BCUT2D eigenvalue weighted by Gasteiger charge is -2.07. The lowest BCUT2D eigenvalue weighted by atomic mass is 10.0. The number of hydrogen-bond acceptors (Lipinski definition) is 2. The second kappa shape index (κ2) is 6.71. The van der Waals surface area contributed by atoms with Crippen molar-refractivity contribution in [3.05, 3.63) is 71.0 Å². The molecule has 0 spiro atoms. The third-order valence-electron chi connectivity index (χ3n) is 3.82. The minimum atomic E-state index is -0.187. The quantitative estimate of drug-likeness (QED) is 0.904. The second-order valence-corrected chi connectivity index (χ2v) is 5.69. The maximum Gasteiger partial charge on any atom is 0.181 e. The lowest BCUT2D eigenvalue weighted by Crippen LogP contribution is -2.84. The highest BCUT2D eigenvalue weighted by molar-refractivity contribution is 6.01. The highest BCUT2D eigenvalue weighted by Crippen LogP contribution is 2.16. The van der Waals surface area contributed by atoms with Crippen LogP contribution in [-0.4, -0.2) is 18.4 Å². The molecule has 0 unspecified atom stereocenters. The van der Waals surface area contributed by atoms with E-state index in [0.717, 1.165) is 36.3 Å². The van der Waals surface area contributed by atoms with E-state index in [9.17, 15) is 4.39 Å². The maximum absolute atomic E-state index is 13.1. The van der Waals surface area contributed by atoms with E-state index in [1.807, 2.05) is 6.07 Å². The topological polar surface area (TPSA) is 38.2 Å². The van der Waals surface area contributed by atoms with Crippen LogP contribution < -0.4 is 5.32 Å². The molecule has 0 bridgehead atoms. The molecule has 3 rings (SSSR count). The highest BCUT2D eigenvalue weighted by Gasteiger charge is 2.23. The van der Waals surface area contributed by atoms with Gasteiger partial charge in [-0.05, 0) is 24.6 Å². The van der Waals surface area contributed by atoms with Crippen LogP contribution in [0.1, 0.15) is 23.1 Å². The van der Waals surface area contributed by atoms with Crippen molar-refractivity contribution < 1.29 is 14.5 Å². The van der Waals surface area contributed by atoms with Crippen LogP contribution in [0.5, 0.6) is 0 Å². The van der Waals surface area contributed by atoms with E-state index >= 15 is 0 Å². The third-order valence-corrected chi connectivity index (χ3v) is 3.82. The SMILES string of the molecule is Cc1ccc(C2=NO[C@@H](C[NH2+]Cc3cccc(F)c3)C2)cc1. The Morgan fingerprint density at radius 3 is 2.82 bits per heavy atom. The van der Waals surface area contributed by atoms with E-state index in [4.69, 9.17) is 4.84 Å². The van der Waals surface area contributed by atoms with Crippen molar-refractivity contribution in [3.8, 4) is 0 Å². The van der Waals surface area contributed by atoms with Crippen molar-refractivity contribution in [3.63, 3.8) is 0 Å². The van der Waals surface area contributed by atoms with E-state index in [-0.39, 0.29) is 11.9 Å². The summed E-state index contributed by atoms with van der Waals surface area (Å²) in [7, 11) is 0. The van der Waals surface area contributed by atoms with Gasteiger partial charge in [0.15, 0.2) is 6.10 Å². The zero-order chi connectivity index (χ0) is 15.4. The minimum Gasteiger partial charge on any atom is -0.386 e. The van der Waals surface area contributed by atoms with E-state index in [0.29, 0.717) is 0 Å². The largest absolute Gasteiger partial charge is 0.386 e. The number of halogens is 1. The zero-order valence-corrected chi connectivity index (χ0v) is 12.6. The Hall–Kier alpha value is -2.20. The van der Waals surface area contributed by atoms with Gasteiger partial charge in [0, 0.05) is 12.0 Å². The van der Waals surface area contributed by atoms with Gasteiger partial charge in [0.1, 0.15) is 18.9 Å². The number of rotatable bonds is 5. The molecule has 1 heterocycles. The number of hydrogen-bond donors (Lipinski definition) is 1. The van der Waals surface area contributed by atoms with Crippen LogP contribution >= 0.6 is 0 Å². The Labute approximate surface area is 129 Å². The van der Waals surface area contributed by atoms with Crippen molar-refractivity contribution in [1.29, 1.82) is 0 Å². The van der Waals surface area contributed by atoms with Gasteiger partial charge in [0.25, 0.3) is 0 Å². The van der Waals surface area contributed by atoms with E-state index in [2.05, 4.69) is 41.7 Å². The zero-order valence-electron chi connectivity index (χ0n) is 12.6. The van der Waals surface area contributed by atoms with Crippen LogP contribution in [0.25, 0.3) is 0 Å². The number of nitrogens with two attached hydrogens (primary N) is 1. The summed E-state index contributed by atoms with van der Waals surface area (Å²) in [5.41, 5.74) is 4.35. The summed E-state index contributed by atoms with van der Waals surface area (Å²) < 4.78 is 13.1. The molecule has 2 N–H and O–H groups in total. The molecule has 4 heteroatoms. The first-order valence-electron chi connectivity index (χ1n) is 7.56. The molecule has 22 heavy (non-hydrogen) atoms. The molecule has 1 atom stereocenters. The molecule has 0 aromatic heterocycles. The monoisotopic (exact) mass is 299 g/mol. The molecule has 0 aliphatic carbocycles. The molecule has 2 aromatic rings. The Kier molecular flexibility index (Phi) is 4.49. The van der Waals surface area contributed by atoms with Gasteiger partial charge in [-0.3, -0.25) is 0 Å². The maximum atomic E-state index is 13.1. The molecule has 0 saturated heterocycles. The first kappa shape index (κ1) is 14.7. The molecule has 0 fully saturated rings. The fraction of sp³-hybridized carbons (Fsp3) is 0.278. The summed E-state index contributed by atoms with van der Waals surface area (Å²) in [5.74, 6) is -0.187. The summed E-state index contributed by atoms with van der Waals surface area (Å²) >= 11 is 0. The molecule has 3 nitrogen and oxygen atoms in total. The van der Waals surface area contributed by atoms with Crippen LogP contribution in [-0.2, 0) is 11.4 Å². The van der Waals surface area contributed by atoms with Gasteiger partial charge in [0.2, 0.25) is 0 Å². The summed E-state index contributed by atoms with van der Waals surface area (Å²) in [6.07, 6.45) is 0.910. The number of nitrogens with zero attached hydrogens (tertiary/aromatic N) is 1. The second-order valence-electron chi connectivity index (χ2n) is 5.69. The minimum absolute atomic E-state index is 0.0878. The molecule has 2 aromatic carbocycles. The highest BCUT2D eigenvalue weighted by atomic mass is 19.1. The van der Waals surface area contributed by atoms with Crippen molar-refractivity contribution >= 4 is 5.71 Å². The average Bonchev–Trinajstić information content (AvgIpc) is 2.97. The fourth-order valence-electron chi connectivity index (χ4n) is 2.57. The van der Waals surface area contributed by atoms with Crippen molar-refractivity contribution in [2.45, 2.75) is 26.0 Å². The summed E-state index contributed by atoms with van der Waals surface area (Å²) in [6, 6.07) is 15.0. The van der Waals surface area contributed by atoms with Crippen molar-refractivity contribution in [2.24, 2.45) is 5.16 Å². The first-order valence-corrected chi connectivity index (χ1v) is 7.56. The summed E-state index contributed by atoms with van der Waals surface area (Å²) in [5, 5.41) is 6.33. The molecule has 0 amide bonds. The van der Waals surface area contributed by atoms with E-state index in [1.165, 1.54) is 11.6 Å². The van der Waals surface area contributed by atoms with Gasteiger partial charge in [-0.15, -0.1) is 0 Å². The van der Waals surface area contributed by atoms with Crippen LogP contribution in [0, 0.1) is 12.7 Å². The Morgan fingerprint density at radius 2 is 2.05 bits per heavy atom. The number of aryl methyl sites for hydroxylation is 1. The van der Waals surface area contributed by atoms with Crippen LogP contribution in [0.2, 0.25) is 0 Å². The normalized spacial score (nSPS) is 17.2. The Balaban J connectivity index is 1.47. The van der Waals surface area contributed by atoms with Crippen LogP contribution in [0.4, 0.5) is 4.39 Å². The Bertz CT molecular complexity index is 667. The van der Waals surface area contributed by atoms with Crippen molar-refractivity contribution in [2.75, 3.05) is 6.54 Å². The Morgan fingerprint density at radius 1 is 1.23 bits per heavy atom. The summed E-state index contributed by atoms with van der Waals surface area (Å²) in [4.78, 5) is 5.49. The number of oxime groups is 1. The van der Waals surface area contributed by atoms with Gasteiger partial charge < -0.3 is 10.2 Å². The number of benzene rings is 2.